The molecule has 0 unspecified atom stereocenters. The largest absolute Gasteiger partial charge is 0.497 e. The minimum atomic E-state index is -3.93. The van der Waals surface area contributed by atoms with E-state index in [1.54, 1.807) is 12.1 Å². The Kier molecular flexibility index (Phi) is 3.91. The lowest BCUT2D eigenvalue weighted by Crippen LogP contribution is -2.09. The number of hydrogen-bond donors (Lipinski definition) is 0. The zero-order chi connectivity index (χ0) is 14.6. The van der Waals surface area contributed by atoms with E-state index in [0.29, 0.717) is 11.3 Å². The van der Waals surface area contributed by atoms with Crippen LogP contribution in [0.3, 0.4) is 0 Å². The van der Waals surface area contributed by atoms with Crippen LogP contribution in [0.25, 0.3) is 0 Å². The van der Waals surface area contributed by atoms with E-state index < -0.39 is 10.1 Å². The predicted octanol–water partition coefficient (Wildman–Crippen LogP) is 2.33. The van der Waals surface area contributed by atoms with Crippen LogP contribution >= 0.6 is 0 Å². The van der Waals surface area contributed by atoms with Crippen LogP contribution in [0, 0.1) is 11.3 Å². The average molecular weight is 289 g/mol. The number of nitrogens with zero attached hydrogens (tertiary/aromatic N) is 1. The van der Waals surface area contributed by atoms with Gasteiger partial charge in [0, 0.05) is 0 Å². The van der Waals surface area contributed by atoms with Gasteiger partial charge in [0.2, 0.25) is 0 Å². The van der Waals surface area contributed by atoms with Gasteiger partial charge in [-0.2, -0.15) is 13.7 Å². The first-order valence-electron chi connectivity index (χ1n) is 5.64. The molecule has 2 rings (SSSR count). The van der Waals surface area contributed by atoms with Crippen molar-refractivity contribution >= 4 is 10.1 Å². The van der Waals surface area contributed by atoms with Gasteiger partial charge in [0.05, 0.1) is 18.7 Å². The van der Waals surface area contributed by atoms with Gasteiger partial charge < -0.3 is 8.92 Å². The number of benzene rings is 2. The Morgan fingerprint density at radius 2 is 1.75 bits per heavy atom. The minimum Gasteiger partial charge on any atom is -0.497 e. The fourth-order valence-electron chi connectivity index (χ4n) is 1.53. The van der Waals surface area contributed by atoms with Crippen LogP contribution in [0.1, 0.15) is 5.56 Å². The van der Waals surface area contributed by atoms with Gasteiger partial charge in [-0.05, 0) is 42.5 Å². The summed E-state index contributed by atoms with van der Waals surface area (Å²) in [6.07, 6.45) is 0. The molecule has 0 bridgehead atoms. The number of rotatable bonds is 4. The smallest absolute Gasteiger partial charge is 0.339 e. The number of methoxy groups -OCH3 is 1. The van der Waals surface area contributed by atoms with Gasteiger partial charge in [-0.25, -0.2) is 0 Å². The molecule has 0 saturated carbocycles. The molecule has 2 aromatic rings. The van der Waals surface area contributed by atoms with Gasteiger partial charge in [-0.3, -0.25) is 0 Å². The van der Waals surface area contributed by atoms with Crippen LogP contribution < -0.4 is 8.92 Å². The Morgan fingerprint density at radius 3 is 2.35 bits per heavy atom. The predicted molar refractivity (Wildman–Crippen MR) is 72.0 cm³/mol. The van der Waals surface area contributed by atoms with E-state index >= 15 is 0 Å². The molecule has 20 heavy (non-hydrogen) atoms. The summed E-state index contributed by atoms with van der Waals surface area (Å²) in [7, 11) is -2.43. The van der Waals surface area contributed by atoms with E-state index in [0.717, 1.165) is 0 Å². The molecule has 0 amide bonds. The molecule has 0 fully saturated rings. The van der Waals surface area contributed by atoms with E-state index in [2.05, 4.69) is 0 Å². The summed E-state index contributed by atoms with van der Waals surface area (Å²) in [5.74, 6) is 0.648. The van der Waals surface area contributed by atoms with E-state index in [4.69, 9.17) is 14.2 Å². The van der Waals surface area contributed by atoms with Crippen molar-refractivity contribution in [1.29, 1.82) is 5.26 Å². The second-order valence-electron chi connectivity index (χ2n) is 3.85. The first kappa shape index (κ1) is 13.9. The van der Waals surface area contributed by atoms with E-state index in [1.165, 1.54) is 43.5 Å². The topological polar surface area (TPSA) is 76.4 Å². The fourth-order valence-corrected chi connectivity index (χ4v) is 2.46. The lowest BCUT2D eigenvalue weighted by atomic mass is 10.2. The third-order valence-corrected chi connectivity index (χ3v) is 3.78. The maximum atomic E-state index is 12.1. The highest BCUT2D eigenvalue weighted by molar-refractivity contribution is 7.87. The molecule has 5 nitrogen and oxygen atoms in total. The summed E-state index contributed by atoms with van der Waals surface area (Å²) >= 11 is 0. The summed E-state index contributed by atoms with van der Waals surface area (Å²) < 4.78 is 34.1. The van der Waals surface area contributed by atoms with Crippen molar-refractivity contribution in [3.63, 3.8) is 0 Å². The van der Waals surface area contributed by atoms with Crippen molar-refractivity contribution in [3.8, 4) is 17.6 Å². The van der Waals surface area contributed by atoms with E-state index in [9.17, 15) is 8.42 Å². The van der Waals surface area contributed by atoms with Crippen molar-refractivity contribution < 1.29 is 17.3 Å². The summed E-state index contributed by atoms with van der Waals surface area (Å²) in [6.45, 7) is 0. The van der Waals surface area contributed by atoms with Crippen LogP contribution in [0.4, 0.5) is 0 Å². The first-order valence-corrected chi connectivity index (χ1v) is 7.05. The standard InChI is InChI=1S/C14H11NO4S/c1-18-12-5-7-14(8-6-12)20(16,17)19-13-4-2-3-11(9-13)10-15/h2-9H,1H3. The third kappa shape index (κ3) is 3.08. The van der Waals surface area contributed by atoms with Crippen molar-refractivity contribution in [2.45, 2.75) is 4.90 Å². The lowest BCUT2D eigenvalue weighted by molar-refractivity contribution is 0.414. The summed E-state index contributed by atoms with van der Waals surface area (Å²) in [5.41, 5.74) is 0.326. The maximum absolute atomic E-state index is 12.1. The molecule has 0 radical (unpaired) electrons. The SMILES string of the molecule is COc1ccc(S(=O)(=O)Oc2cccc(C#N)c2)cc1. The zero-order valence-corrected chi connectivity index (χ0v) is 11.4. The fraction of sp³-hybridized carbons (Fsp3) is 0.0714. The Labute approximate surface area is 117 Å². The molecular weight excluding hydrogens is 278 g/mol. The molecule has 0 saturated heterocycles. The molecule has 6 heteroatoms. The van der Waals surface area contributed by atoms with Gasteiger partial charge in [-0.1, -0.05) is 6.07 Å². The molecule has 0 N–H and O–H groups in total. The Balaban J connectivity index is 2.28. The van der Waals surface area contributed by atoms with Crippen LogP contribution in [0.15, 0.2) is 53.4 Å². The second-order valence-corrected chi connectivity index (χ2v) is 5.40. The summed E-state index contributed by atoms with van der Waals surface area (Å²) in [5, 5.41) is 8.77. The Morgan fingerprint density at radius 1 is 1.05 bits per heavy atom. The molecule has 0 aromatic heterocycles. The number of nitriles is 1. The molecular formula is C14H11NO4S. The molecule has 0 atom stereocenters. The Hall–Kier alpha value is -2.52. The van der Waals surface area contributed by atoms with Crippen molar-refractivity contribution in [2.75, 3.05) is 7.11 Å². The van der Waals surface area contributed by atoms with E-state index in [-0.39, 0.29) is 10.6 Å². The van der Waals surface area contributed by atoms with Crippen molar-refractivity contribution in [3.05, 3.63) is 54.1 Å². The van der Waals surface area contributed by atoms with Gasteiger partial charge in [-0.15, -0.1) is 0 Å². The highest BCUT2D eigenvalue weighted by atomic mass is 32.2. The Bertz CT molecular complexity index is 745. The van der Waals surface area contributed by atoms with Crippen LogP contribution in [-0.4, -0.2) is 15.5 Å². The van der Waals surface area contributed by atoms with Gasteiger partial charge in [0.15, 0.2) is 0 Å². The minimum absolute atomic E-state index is 0.0145. The van der Waals surface area contributed by atoms with Crippen LogP contribution in [0.2, 0.25) is 0 Å². The summed E-state index contributed by atoms with van der Waals surface area (Å²) in [4.78, 5) is 0.0145. The van der Waals surface area contributed by atoms with Crippen molar-refractivity contribution in [2.24, 2.45) is 0 Å². The molecule has 0 heterocycles. The summed E-state index contributed by atoms with van der Waals surface area (Å²) in [6, 6.07) is 13.7. The first-order chi connectivity index (χ1) is 9.55. The molecule has 0 aliphatic rings. The third-order valence-electron chi connectivity index (χ3n) is 2.52. The molecule has 0 aliphatic heterocycles. The monoisotopic (exact) mass is 289 g/mol. The van der Waals surface area contributed by atoms with Crippen LogP contribution in [0.5, 0.6) is 11.5 Å². The molecule has 102 valence electrons. The second kappa shape index (κ2) is 5.63. The molecule has 0 spiro atoms. The number of hydrogen-bond acceptors (Lipinski definition) is 5. The van der Waals surface area contributed by atoms with E-state index in [1.807, 2.05) is 6.07 Å². The molecule has 0 aliphatic carbocycles. The van der Waals surface area contributed by atoms with Gasteiger partial charge in [0.1, 0.15) is 16.4 Å². The quantitative estimate of drug-likeness (QED) is 0.807. The molecule has 2 aromatic carbocycles. The lowest BCUT2D eigenvalue weighted by Gasteiger charge is -2.07. The number of ether oxygens (including phenoxy) is 1. The highest BCUT2D eigenvalue weighted by Crippen LogP contribution is 2.21. The zero-order valence-electron chi connectivity index (χ0n) is 10.6. The highest BCUT2D eigenvalue weighted by Gasteiger charge is 2.16. The van der Waals surface area contributed by atoms with Crippen molar-refractivity contribution in [1.82, 2.24) is 0 Å². The van der Waals surface area contributed by atoms with Gasteiger partial charge in [0.25, 0.3) is 0 Å². The normalized spacial score (nSPS) is 10.6. The van der Waals surface area contributed by atoms with Gasteiger partial charge >= 0.3 is 10.1 Å². The average Bonchev–Trinajstić information content (AvgIpc) is 2.47. The maximum Gasteiger partial charge on any atom is 0.339 e. The van der Waals surface area contributed by atoms with Crippen LogP contribution in [-0.2, 0) is 10.1 Å².